The number of anilines is 1. The van der Waals surface area contributed by atoms with Gasteiger partial charge >= 0.3 is 5.97 Å². The lowest BCUT2D eigenvalue weighted by Crippen LogP contribution is -2.14. The highest BCUT2D eigenvalue weighted by molar-refractivity contribution is 7.12. The Morgan fingerprint density at radius 1 is 1.26 bits per heavy atom. The number of carbonyl (C=O) groups excluding carboxylic acids is 2. The van der Waals surface area contributed by atoms with Crippen LogP contribution in [0.1, 0.15) is 22.5 Å². The number of carbonyl (C=O) groups is 2. The second-order valence-electron chi connectivity index (χ2n) is 4.59. The molecule has 122 valence electrons. The minimum Gasteiger partial charge on any atom is -0.492 e. The first-order valence-corrected chi connectivity index (χ1v) is 8.20. The molecule has 1 aromatic heterocycles. The molecule has 1 amide bonds. The molecule has 0 atom stereocenters. The van der Waals surface area contributed by atoms with Gasteiger partial charge in [0.15, 0.2) is 0 Å². The number of amides is 1. The summed E-state index contributed by atoms with van der Waals surface area (Å²) in [5.74, 6) is -0.0472. The van der Waals surface area contributed by atoms with Crippen molar-refractivity contribution in [2.75, 3.05) is 19.0 Å². The lowest BCUT2D eigenvalue weighted by Gasteiger charge is -2.08. The van der Waals surface area contributed by atoms with Crippen molar-refractivity contribution in [3.8, 4) is 5.75 Å². The monoisotopic (exact) mass is 353 g/mol. The third kappa shape index (κ3) is 4.97. The largest absolute Gasteiger partial charge is 0.492 e. The van der Waals surface area contributed by atoms with Gasteiger partial charge in [-0.25, -0.2) is 4.79 Å². The zero-order chi connectivity index (χ0) is 16.7. The van der Waals surface area contributed by atoms with Crippen LogP contribution in [0.25, 0.3) is 0 Å². The smallest absolute Gasteiger partial charge is 0.350 e. The molecule has 1 heterocycles. The van der Waals surface area contributed by atoms with Gasteiger partial charge < -0.3 is 14.8 Å². The molecular formula is C16H16ClNO4S. The average molecular weight is 354 g/mol. The van der Waals surface area contributed by atoms with E-state index in [0.29, 0.717) is 34.4 Å². The van der Waals surface area contributed by atoms with E-state index in [2.05, 4.69) is 10.1 Å². The van der Waals surface area contributed by atoms with E-state index in [1.54, 1.807) is 23.6 Å². The molecule has 1 aromatic carbocycles. The minimum atomic E-state index is -0.461. The van der Waals surface area contributed by atoms with Gasteiger partial charge in [0.2, 0.25) is 5.91 Å². The Kier molecular flexibility index (Phi) is 6.43. The van der Waals surface area contributed by atoms with Crippen molar-refractivity contribution in [1.29, 1.82) is 0 Å². The lowest BCUT2D eigenvalue weighted by atomic mass is 10.3. The van der Waals surface area contributed by atoms with Gasteiger partial charge in [0, 0.05) is 6.42 Å². The van der Waals surface area contributed by atoms with Crippen LogP contribution in [0.4, 0.5) is 5.69 Å². The molecular weight excluding hydrogens is 338 g/mol. The highest BCUT2D eigenvalue weighted by atomic mass is 35.5. The fourth-order valence-corrected chi connectivity index (χ4v) is 2.80. The predicted molar refractivity (Wildman–Crippen MR) is 90.5 cm³/mol. The van der Waals surface area contributed by atoms with E-state index < -0.39 is 5.97 Å². The number of para-hydroxylation sites is 1. The third-order valence-electron chi connectivity index (χ3n) is 2.95. The fraction of sp³-hybridized carbons (Fsp3) is 0.250. The van der Waals surface area contributed by atoms with Crippen molar-refractivity contribution in [2.24, 2.45) is 0 Å². The molecule has 0 bridgehead atoms. The van der Waals surface area contributed by atoms with Gasteiger partial charge in [0.25, 0.3) is 0 Å². The van der Waals surface area contributed by atoms with Crippen LogP contribution in [-0.4, -0.2) is 25.6 Å². The lowest BCUT2D eigenvalue weighted by molar-refractivity contribution is -0.116. The van der Waals surface area contributed by atoms with Gasteiger partial charge in [-0.1, -0.05) is 23.7 Å². The Morgan fingerprint density at radius 2 is 2.04 bits per heavy atom. The molecule has 0 saturated heterocycles. The molecule has 2 rings (SSSR count). The Balaban J connectivity index is 1.77. The maximum atomic E-state index is 11.9. The molecule has 0 radical (unpaired) electrons. The normalized spacial score (nSPS) is 10.2. The summed E-state index contributed by atoms with van der Waals surface area (Å²) in [6, 6.07) is 8.85. The van der Waals surface area contributed by atoms with Crippen molar-refractivity contribution in [1.82, 2.24) is 0 Å². The van der Waals surface area contributed by atoms with Crippen LogP contribution in [0.5, 0.6) is 5.75 Å². The van der Waals surface area contributed by atoms with Crippen LogP contribution in [0.2, 0.25) is 5.02 Å². The topological polar surface area (TPSA) is 64.6 Å². The summed E-state index contributed by atoms with van der Waals surface area (Å²) >= 11 is 7.20. The molecule has 0 saturated carbocycles. The summed E-state index contributed by atoms with van der Waals surface area (Å²) in [7, 11) is 1.31. The first-order valence-electron chi connectivity index (χ1n) is 6.95. The van der Waals surface area contributed by atoms with E-state index in [-0.39, 0.29) is 12.3 Å². The number of hydrogen-bond donors (Lipinski definition) is 1. The Hall–Kier alpha value is -2.05. The molecule has 23 heavy (non-hydrogen) atoms. The minimum absolute atomic E-state index is 0.184. The number of thiophene rings is 1. The van der Waals surface area contributed by atoms with Gasteiger partial charge in [-0.05, 0) is 30.0 Å². The van der Waals surface area contributed by atoms with Crippen LogP contribution in [0, 0.1) is 0 Å². The maximum Gasteiger partial charge on any atom is 0.350 e. The fourth-order valence-electron chi connectivity index (χ4n) is 1.85. The molecule has 0 unspecified atom stereocenters. The van der Waals surface area contributed by atoms with Crippen LogP contribution in [-0.2, 0) is 9.53 Å². The summed E-state index contributed by atoms with van der Waals surface area (Å²) in [5.41, 5.74) is 0.471. The van der Waals surface area contributed by atoms with Gasteiger partial charge in [-0.15, -0.1) is 11.3 Å². The molecule has 5 nitrogen and oxygen atoms in total. The number of nitrogens with one attached hydrogen (secondary N) is 1. The van der Waals surface area contributed by atoms with E-state index in [9.17, 15) is 9.59 Å². The third-order valence-corrected chi connectivity index (χ3v) is 4.16. The first-order chi connectivity index (χ1) is 11.1. The highest BCUT2D eigenvalue weighted by Crippen LogP contribution is 2.24. The van der Waals surface area contributed by atoms with E-state index in [4.69, 9.17) is 16.3 Å². The summed E-state index contributed by atoms with van der Waals surface area (Å²) in [4.78, 5) is 23.8. The van der Waals surface area contributed by atoms with E-state index >= 15 is 0 Å². The molecule has 2 aromatic rings. The average Bonchev–Trinajstić information content (AvgIpc) is 3.00. The SMILES string of the molecule is COC(=O)c1sccc1NC(=O)CCCOc1ccccc1Cl. The van der Waals surface area contributed by atoms with E-state index in [0.717, 1.165) is 0 Å². The predicted octanol–water partition coefficient (Wildman–Crippen LogP) is 3.99. The number of esters is 1. The van der Waals surface area contributed by atoms with Crippen molar-refractivity contribution < 1.29 is 19.1 Å². The molecule has 0 fully saturated rings. The molecule has 0 aliphatic carbocycles. The van der Waals surface area contributed by atoms with Crippen molar-refractivity contribution >= 4 is 40.5 Å². The van der Waals surface area contributed by atoms with Gasteiger partial charge in [-0.3, -0.25) is 4.79 Å². The van der Waals surface area contributed by atoms with Crippen molar-refractivity contribution in [3.05, 3.63) is 45.6 Å². The summed E-state index contributed by atoms with van der Waals surface area (Å²) in [6.45, 7) is 0.380. The van der Waals surface area contributed by atoms with Gasteiger partial charge in [0.05, 0.1) is 24.4 Å². The summed E-state index contributed by atoms with van der Waals surface area (Å²) in [5, 5.41) is 4.97. The summed E-state index contributed by atoms with van der Waals surface area (Å²) in [6.07, 6.45) is 0.815. The highest BCUT2D eigenvalue weighted by Gasteiger charge is 2.15. The Morgan fingerprint density at radius 3 is 2.78 bits per heavy atom. The number of methoxy groups -OCH3 is 1. The Labute approximate surface area is 143 Å². The summed E-state index contributed by atoms with van der Waals surface area (Å²) < 4.78 is 10.2. The molecule has 0 aliphatic rings. The van der Waals surface area contributed by atoms with E-state index in [1.807, 2.05) is 12.1 Å². The van der Waals surface area contributed by atoms with Crippen LogP contribution < -0.4 is 10.1 Å². The van der Waals surface area contributed by atoms with Gasteiger partial charge in [-0.2, -0.15) is 0 Å². The number of halogens is 1. The van der Waals surface area contributed by atoms with Crippen LogP contribution >= 0.6 is 22.9 Å². The molecule has 0 aliphatic heterocycles. The Bertz CT molecular complexity index is 686. The standard InChI is InChI=1S/C16H16ClNO4S/c1-21-16(20)15-12(8-10-23-15)18-14(19)7-4-9-22-13-6-3-2-5-11(13)17/h2-3,5-6,8,10H,4,7,9H2,1H3,(H,18,19). The van der Waals surface area contributed by atoms with Crippen molar-refractivity contribution in [2.45, 2.75) is 12.8 Å². The van der Waals surface area contributed by atoms with Crippen molar-refractivity contribution in [3.63, 3.8) is 0 Å². The van der Waals surface area contributed by atoms with Crippen LogP contribution in [0.3, 0.4) is 0 Å². The van der Waals surface area contributed by atoms with E-state index in [1.165, 1.54) is 18.4 Å². The quantitative estimate of drug-likeness (QED) is 0.604. The number of hydrogen-bond acceptors (Lipinski definition) is 5. The molecule has 0 spiro atoms. The zero-order valence-electron chi connectivity index (χ0n) is 12.5. The van der Waals surface area contributed by atoms with Gasteiger partial charge in [0.1, 0.15) is 10.6 Å². The molecule has 1 N–H and O–H groups in total. The number of benzene rings is 1. The number of ether oxygens (including phenoxy) is 2. The molecule has 7 heteroatoms. The van der Waals surface area contributed by atoms with Crippen LogP contribution in [0.15, 0.2) is 35.7 Å². The second-order valence-corrected chi connectivity index (χ2v) is 5.91. The second kappa shape index (κ2) is 8.55. The zero-order valence-corrected chi connectivity index (χ0v) is 14.1. The maximum absolute atomic E-state index is 11.9. The first kappa shape index (κ1) is 17.3. The number of rotatable bonds is 7.